The Labute approximate surface area is 163 Å². The lowest BCUT2D eigenvalue weighted by Crippen LogP contribution is -2.44. The maximum absolute atomic E-state index is 14.4. The number of carbonyl (C=O) groups excluding carboxylic acids is 1. The molecule has 0 fully saturated rings. The second-order valence-corrected chi connectivity index (χ2v) is 8.54. The lowest BCUT2D eigenvalue weighted by Gasteiger charge is -2.29. The zero-order valence-electron chi connectivity index (χ0n) is 15.6. The Hall–Kier alpha value is -2.48. The number of alkyl halides is 2. The molecule has 8 heteroatoms. The second kappa shape index (κ2) is 7.50. The van der Waals surface area contributed by atoms with Gasteiger partial charge in [0.25, 0.3) is 10.0 Å². The summed E-state index contributed by atoms with van der Waals surface area (Å²) in [7, 11) is -4.08. The molecule has 5 nitrogen and oxygen atoms in total. The number of halogens is 2. The smallest absolute Gasteiger partial charge is 0.377 e. The molecule has 3 rings (SSSR count). The Morgan fingerprint density at radius 3 is 2.46 bits per heavy atom. The van der Waals surface area contributed by atoms with Crippen LogP contribution in [0.1, 0.15) is 24.5 Å². The van der Waals surface area contributed by atoms with Crippen LogP contribution in [-0.2, 0) is 26.0 Å². The van der Waals surface area contributed by atoms with Crippen LogP contribution >= 0.6 is 0 Å². The number of nitrogens with zero attached hydrogens (tertiary/aromatic N) is 1. The first-order valence-electron chi connectivity index (χ1n) is 8.91. The SMILES string of the molecule is CCOC(=O)C(F)(F)CC1Cc2ccccc2N1S(=O)(=O)c1ccc(C)cc1. The summed E-state index contributed by atoms with van der Waals surface area (Å²) >= 11 is 0. The highest BCUT2D eigenvalue weighted by Gasteiger charge is 2.48. The number of esters is 1. The van der Waals surface area contributed by atoms with Crippen molar-refractivity contribution in [2.24, 2.45) is 0 Å². The molecule has 0 aliphatic carbocycles. The first-order valence-corrected chi connectivity index (χ1v) is 10.3. The maximum atomic E-state index is 14.4. The largest absolute Gasteiger partial charge is 0.462 e. The Morgan fingerprint density at radius 2 is 1.82 bits per heavy atom. The lowest BCUT2D eigenvalue weighted by molar-refractivity contribution is -0.172. The van der Waals surface area contributed by atoms with Gasteiger partial charge in [-0.2, -0.15) is 8.78 Å². The minimum absolute atomic E-state index is 0.0132. The first-order chi connectivity index (χ1) is 13.2. The Balaban J connectivity index is 2.01. The average molecular weight is 409 g/mol. The van der Waals surface area contributed by atoms with Gasteiger partial charge in [0.05, 0.1) is 23.2 Å². The van der Waals surface area contributed by atoms with E-state index in [-0.39, 0.29) is 17.9 Å². The third-order valence-corrected chi connectivity index (χ3v) is 6.54. The van der Waals surface area contributed by atoms with Crippen molar-refractivity contribution < 1.29 is 26.7 Å². The van der Waals surface area contributed by atoms with E-state index in [0.29, 0.717) is 11.3 Å². The quantitative estimate of drug-likeness (QED) is 0.683. The summed E-state index contributed by atoms with van der Waals surface area (Å²) in [5, 5.41) is 0. The number of hydrogen-bond donors (Lipinski definition) is 0. The minimum atomic E-state index is -4.08. The number of sulfonamides is 1. The topological polar surface area (TPSA) is 63.7 Å². The van der Waals surface area contributed by atoms with Gasteiger partial charge in [0.2, 0.25) is 0 Å². The summed E-state index contributed by atoms with van der Waals surface area (Å²) in [6.07, 6.45) is -0.859. The van der Waals surface area contributed by atoms with Crippen LogP contribution in [0, 0.1) is 6.92 Å². The number of ether oxygens (including phenoxy) is 1. The molecule has 1 aliphatic rings. The molecule has 0 radical (unpaired) electrons. The van der Waals surface area contributed by atoms with E-state index in [4.69, 9.17) is 0 Å². The average Bonchev–Trinajstić information content (AvgIpc) is 3.00. The van der Waals surface area contributed by atoms with Gasteiger partial charge in [0.15, 0.2) is 0 Å². The third-order valence-electron chi connectivity index (χ3n) is 4.66. The summed E-state index contributed by atoms with van der Waals surface area (Å²) in [4.78, 5) is 11.7. The highest BCUT2D eigenvalue weighted by Crippen LogP contribution is 2.40. The molecule has 0 bridgehead atoms. The van der Waals surface area contributed by atoms with E-state index < -0.39 is 34.4 Å². The zero-order chi connectivity index (χ0) is 20.5. The van der Waals surface area contributed by atoms with Crippen molar-refractivity contribution in [3.05, 3.63) is 59.7 Å². The van der Waals surface area contributed by atoms with E-state index in [9.17, 15) is 22.0 Å². The normalized spacial score (nSPS) is 16.7. The fourth-order valence-electron chi connectivity index (χ4n) is 3.35. The number of aryl methyl sites for hydroxylation is 1. The van der Waals surface area contributed by atoms with Crippen LogP contribution in [0.3, 0.4) is 0 Å². The summed E-state index contributed by atoms with van der Waals surface area (Å²) in [5.41, 5.74) is 1.88. The van der Waals surface area contributed by atoms with Gasteiger partial charge in [-0.3, -0.25) is 4.31 Å². The van der Waals surface area contributed by atoms with Gasteiger partial charge in [-0.15, -0.1) is 0 Å². The Kier molecular flexibility index (Phi) is 5.43. The first kappa shape index (κ1) is 20.3. The fraction of sp³-hybridized carbons (Fsp3) is 0.350. The number of para-hydroxylation sites is 1. The summed E-state index contributed by atoms with van der Waals surface area (Å²) in [5.74, 6) is -5.43. The molecule has 0 saturated carbocycles. The Morgan fingerprint density at radius 1 is 1.18 bits per heavy atom. The van der Waals surface area contributed by atoms with E-state index in [1.807, 2.05) is 6.92 Å². The maximum Gasteiger partial charge on any atom is 0.377 e. The van der Waals surface area contributed by atoms with E-state index in [1.165, 1.54) is 19.1 Å². The molecule has 2 aromatic rings. The molecule has 1 unspecified atom stereocenters. The summed E-state index contributed by atoms with van der Waals surface area (Å²) < 4.78 is 60.8. The molecule has 150 valence electrons. The van der Waals surface area contributed by atoms with Crippen LogP contribution in [0.4, 0.5) is 14.5 Å². The molecular formula is C20H21F2NO4S. The predicted octanol–water partition coefficient (Wildman–Crippen LogP) is 3.70. The number of fused-ring (bicyclic) bond motifs is 1. The lowest BCUT2D eigenvalue weighted by atomic mass is 10.0. The molecular weight excluding hydrogens is 388 g/mol. The van der Waals surface area contributed by atoms with Crippen molar-refractivity contribution in [2.75, 3.05) is 10.9 Å². The van der Waals surface area contributed by atoms with Gasteiger partial charge in [0, 0.05) is 6.42 Å². The standard InChI is InChI=1S/C20H21F2NO4S/c1-3-27-19(24)20(21,22)13-16-12-15-6-4-5-7-18(15)23(16)28(25,26)17-10-8-14(2)9-11-17/h4-11,16H,3,12-13H2,1-2H3. The van der Waals surface area contributed by atoms with Gasteiger partial charge in [0.1, 0.15) is 0 Å². The minimum Gasteiger partial charge on any atom is -0.462 e. The van der Waals surface area contributed by atoms with Crippen LogP contribution in [0.2, 0.25) is 0 Å². The number of carbonyl (C=O) groups is 1. The molecule has 0 saturated heterocycles. The van der Waals surface area contributed by atoms with Crippen LogP contribution in [-0.4, -0.2) is 33.0 Å². The molecule has 1 aliphatic heterocycles. The van der Waals surface area contributed by atoms with Crippen molar-refractivity contribution in [3.63, 3.8) is 0 Å². The summed E-state index contributed by atoms with van der Waals surface area (Å²) in [6.45, 7) is 3.09. The van der Waals surface area contributed by atoms with E-state index in [0.717, 1.165) is 9.87 Å². The van der Waals surface area contributed by atoms with Crippen LogP contribution in [0.5, 0.6) is 0 Å². The van der Waals surface area contributed by atoms with Crippen molar-refractivity contribution >= 4 is 21.7 Å². The van der Waals surface area contributed by atoms with E-state index in [1.54, 1.807) is 36.4 Å². The van der Waals surface area contributed by atoms with Gasteiger partial charge >= 0.3 is 11.9 Å². The van der Waals surface area contributed by atoms with Crippen LogP contribution in [0.15, 0.2) is 53.4 Å². The van der Waals surface area contributed by atoms with Crippen LogP contribution in [0.25, 0.3) is 0 Å². The van der Waals surface area contributed by atoms with Gasteiger partial charge in [-0.25, -0.2) is 13.2 Å². The number of anilines is 1. The highest BCUT2D eigenvalue weighted by molar-refractivity contribution is 7.92. The zero-order valence-corrected chi connectivity index (χ0v) is 16.4. The predicted molar refractivity (Wildman–Crippen MR) is 101 cm³/mol. The molecule has 1 heterocycles. The molecule has 0 aromatic heterocycles. The highest BCUT2D eigenvalue weighted by atomic mass is 32.2. The van der Waals surface area contributed by atoms with Gasteiger partial charge < -0.3 is 4.74 Å². The molecule has 0 spiro atoms. The van der Waals surface area contributed by atoms with Crippen molar-refractivity contribution in [2.45, 2.75) is 43.5 Å². The molecule has 1 atom stereocenters. The Bertz CT molecular complexity index is 974. The van der Waals surface area contributed by atoms with Gasteiger partial charge in [-0.05, 0) is 44.0 Å². The van der Waals surface area contributed by atoms with Crippen molar-refractivity contribution in [1.82, 2.24) is 0 Å². The second-order valence-electron chi connectivity index (χ2n) is 6.73. The molecule has 28 heavy (non-hydrogen) atoms. The monoisotopic (exact) mass is 409 g/mol. The summed E-state index contributed by atoms with van der Waals surface area (Å²) in [6, 6.07) is 11.8. The molecule has 0 N–H and O–H groups in total. The van der Waals surface area contributed by atoms with E-state index >= 15 is 0 Å². The van der Waals surface area contributed by atoms with Crippen molar-refractivity contribution in [1.29, 1.82) is 0 Å². The number of hydrogen-bond acceptors (Lipinski definition) is 4. The van der Waals surface area contributed by atoms with Crippen molar-refractivity contribution in [3.8, 4) is 0 Å². The molecule has 0 amide bonds. The number of benzene rings is 2. The van der Waals surface area contributed by atoms with Crippen LogP contribution < -0.4 is 4.31 Å². The number of rotatable bonds is 6. The third kappa shape index (κ3) is 3.73. The van der Waals surface area contributed by atoms with Gasteiger partial charge in [-0.1, -0.05) is 35.9 Å². The van der Waals surface area contributed by atoms with E-state index in [2.05, 4.69) is 4.74 Å². The molecule has 2 aromatic carbocycles. The fourth-order valence-corrected chi connectivity index (χ4v) is 5.04.